The van der Waals surface area contributed by atoms with E-state index in [1.54, 1.807) is 0 Å². The van der Waals surface area contributed by atoms with Crippen LogP contribution in [0.1, 0.15) is 26.7 Å². The Labute approximate surface area is 92.0 Å². The van der Waals surface area contributed by atoms with Crippen molar-refractivity contribution >= 4 is 23.6 Å². The van der Waals surface area contributed by atoms with E-state index in [0.717, 1.165) is 11.1 Å². The van der Waals surface area contributed by atoms with E-state index in [2.05, 4.69) is 44.2 Å². The lowest BCUT2D eigenvalue weighted by Gasteiger charge is -2.28. The van der Waals surface area contributed by atoms with Gasteiger partial charge in [0.2, 0.25) is 0 Å². The van der Waals surface area contributed by atoms with E-state index in [0.29, 0.717) is 0 Å². The molecule has 0 saturated carbocycles. The highest BCUT2D eigenvalue weighted by Crippen LogP contribution is 2.48. The van der Waals surface area contributed by atoms with Crippen molar-refractivity contribution in [3.63, 3.8) is 0 Å². The number of hydrogen-bond donors (Lipinski definition) is 0. The molecule has 0 bridgehead atoms. The van der Waals surface area contributed by atoms with Crippen LogP contribution in [0.4, 0.5) is 0 Å². The van der Waals surface area contributed by atoms with E-state index in [1.165, 1.54) is 18.0 Å². The fourth-order valence-electron chi connectivity index (χ4n) is 2.67. The first-order chi connectivity index (χ1) is 6.65. The zero-order valence-electron chi connectivity index (χ0n) is 8.83. The SMILES string of the molecule is C[C@@H]1CC[C@@H](C)[Si]1(Cl)c1ccccc1. The van der Waals surface area contributed by atoms with Crippen LogP contribution < -0.4 is 5.19 Å². The molecule has 2 atom stereocenters. The Morgan fingerprint density at radius 3 is 2.07 bits per heavy atom. The highest BCUT2D eigenvalue weighted by molar-refractivity contribution is 7.29. The van der Waals surface area contributed by atoms with Crippen molar-refractivity contribution in [2.45, 2.75) is 37.8 Å². The van der Waals surface area contributed by atoms with Crippen LogP contribution in [-0.2, 0) is 0 Å². The summed E-state index contributed by atoms with van der Waals surface area (Å²) in [6.07, 6.45) is 2.62. The molecule has 0 aromatic heterocycles. The highest BCUT2D eigenvalue weighted by Gasteiger charge is 2.48. The summed E-state index contributed by atoms with van der Waals surface area (Å²) in [7, 11) is -1.70. The molecule has 14 heavy (non-hydrogen) atoms. The van der Waals surface area contributed by atoms with Gasteiger partial charge in [0, 0.05) is 0 Å². The summed E-state index contributed by atoms with van der Waals surface area (Å²) in [5.41, 5.74) is 1.45. The fraction of sp³-hybridized carbons (Fsp3) is 0.500. The largest absolute Gasteiger partial charge is 0.192 e. The van der Waals surface area contributed by atoms with Gasteiger partial charge in [0.1, 0.15) is 0 Å². The van der Waals surface area contributed by atoms with Crippen LogP contribution in [0, 0.1) is 0 Å². The summed E-state index contributed by atoms with van der Waals surface area (Å²) in [6, 6.07) is 10.7. The molecule has 0 radical (unpaired) electrons. The lowest BCUT2D eigenvalue weighted by atomic mass is 10.2. The van der Waals surface area contributed by atoms with E-state index >= 15 is 0 Å². The van der Waals surface area contributed by atoms with Crippen LogP contribution in [0.2, 0.25) is 11.1 Å². The molecule has 0 spiro atoms. The summed E-state index contributed by atoms with van der Waals surface area (Å²) in [4.78, 5) is 0. The van der Waals surface area contributed by atoms with Gasteiger partial charge in [0.05, 0.1) is 0 Å². The quantitative estimate of drug-likeness (QED) is 0.505. The first kappa shape index (κ1) is 10.3. The van der Waals surface area contributed by atoms with Crippen LogP contribution in [0.5, 0.6) is 0 Å². The van der Waals surface area contributed by atoms with Crippen molar-refractivity contribution in [2.75, 3.05) is 0 Å². The molecule has 1 aromatic rings. The lowest BCUT2D eigenvalue weighted by Crippen LogP contribution is -2.45. The molecule has 1 saturated heterocycles. The average Bonchev–Trinajstić information content (AvgIpc) is 2.49. The predicted octanol–water partition coefficient (Wildman–Crippen LogP) is 3.65. The van der Waals surface area contributed by atoms with Gasteiger partial charge in [-0.15, -0.1) is 0 Å². The van der Waals surface area contributed by atoms with Gasteiger partial charge in [-0.1, -0.05) is 57.0 Å². The monoisotopic (exact) mass is 224 g/mol. The number of hydrogen-bond acceptors (Lipinski definition) is 0. The van der Waals surface area contributed by atoms with Crippen LogP contribution in [0.3, 0.4) is 0 Å². The van der Waals surface area contributed by atoms with Crippen molar-refractivity contribution in [3.8, 4) is 0 Å². The van der Waals surface area contributed by atoms with Gasteiger partial charge in [-0.05, 0) is 16.3 Å². The van der Waals surface area contributed by atoms with Gasteiger partial charge in [-0.2, -0.15) is 11.1 Å². The molecule has 0 unspecified atom stereocenters. The summed E-state index contributed by atoms with van der Waals surface area (Å²) < 4.78 is 0. The van der Waals surface area contributed by atoms with Gasteiger partial charge in [0.25, 0.3) is 0 Å². The molecule has 0 N–H and O–H groups in total. The first-order valence-corrected chi connectivity index (χ1v) is 8.56. The Morgan fingerprint density at radius 1 is 1.07 bits per heavy atom. The van der Waals surface area contributed by atoms with Crippen molar-refractivity contribution in [2.24, 2.45) is 0 Å². The summed E-state index contributed by atoms with van der Waals surface area (Å²) >= 11 is 6.94. The van der Waals surface area contributed by atoms with Crippen molar-refractivity contribution in [1.29, 1.82) is 0 Å². The van der Waals surface area contributed by atoms with Gasteiger partial charge < -0.3 is 0 Å². The van der Waals surface area contributed by atoms with Crippen LogP contribution >= 0.6 is 11.1 Å². The molecule has 1 aliphatic rings. The third-order valence-electron chi connectivity index (χ3n) is 3.68. The van der Waals surface area contributed by atoms with E-state index in [4.69, 9.17) is 11.1 Å². The Balaban J connectivity index is 2.40. The van der Waals surface area contributed by atoms with E-state index in [1.807, 2.05) is 0 Å². The lowest BCUT2D eigenvalue weighted by molar-refractivity contribution is 0.765. The van der Waals surface area contributed by atoms with E-state index < -0.39 is 7.38 Å². The second-order valence-electron chi connectivity index (χ2n) is 4.51. The number of benzene rings is 1. The molecule has 1 aromatic carbocycles. The van der Waals surface area contributed by atoms with Crippen molar-refractivity contribution < 1.29 is 0 Å². The number of rotatable bonds is 1. The molecule has 2 rings (SSSR count). The maximum atomic E-state index is 6.94. The van der Waals surface area contributed by atoms with Gasteiger partial charge >= 0.3 is 0 Å². The van der Waals surface area contributed by atoms with Gasteiger partial charge in [0.15, 0.2) is 7.38 Å². The second kappa shape index (κ2) is 3.71. The molecule has 0 aliphatic carbocycles. The fourth-order valence-corrected chi connectivity index (χ4v) is 7.69. The third kappa shape index (κ3) is 1.43. The minimum absolute atomic E-state index is 0.724. The smallest absolute Gasteiger partial charge is 0.160 e. The first-order valence-electron chi connectivity index (χ1n) is 5.40. The molecule has 1 aliphatic heterocycles. The van der Waals surface area contributed by atoms with Crippen LogP contribution in [0.15, 0.2) is 30.3 Å². The predicted molar refractivity (Wildman–Crippen MR) is 65.8 cm³/mol. The number of halogens is 1. The van der Waals surface area contributed by atoms with Crippen molar-refractivity contribution in [3.05, 3.63) is 30.3 Å². The van der Waals surface area contributed by atoms with Gasteiger partial charge in [-0.3, -0.25) is 0 Å². The maximum absolute atomic E-state index is 6.94. The van der Waals surface area contributed by atoms with E-state index in [-0.39, 0.29) is 0 Å². The Hall–Kier alpha value is -0.273. The van der Waals surface area contributed by atoms with E-state index in [9.17, 15) is 0 Å². The molecular formula is C12H17ClSi. The molecule has 2 heteroatoms. The minimum atomic E-state index is -1.70. The molecule has 1 heterocycles. The van der Waals surface area contributed by atoms with Crippen molar-refractivity contribution in [1.82, 2.24) is 0 Å². The normalized spacial score (nSPS) is 30.5. The summed E-state index contributed by atoms with van der Waals surface area (Å²) in [6.45, 7) is 4.66. The molecular weight excluding hydrogens is 208 g/mol. The maximum Gasteiger partial charge on any atom is 0.192 e. The standard InChI is InChI=1S/C12H17ClSi/c1-10-8-9-11(2)14(10,13)12-6-4-3-5-7-12/h3-7,10-11H,8-9H2,1-2H3/t10-,11-/m1/s1. The molecule has 0 nitrogen and oxygen atoms in total. The highest BCUT2D eigenvalue weighted by atomic mass is 35.6. The average molecular weight is 225 g/mol. The second-order valence-corrected chi connectivity index (χ2v) is 10.5. The summed E-state index contributed by atoms with van der Waals surface area (Å²) in [5, 5.41) is 1.43. The van der Waals surface area contributed by atoms with Gasteiger partial charge in [-0.25, -0.2) is 0 Å². The summed E-state index contributed by atoms with van der Waals surface area (Å²) in [5.74, 6) is 0. The molecule has 1 fully saturated rings. The van der Waals surface area contributed by atoms with Crippen LogP contribution in [0.25, 0.3) is 0 Å². The Morgan fingerprint density at radius 2 is 1.57 bits per heavy atom. The minimum Gasteiger partial charge on any atom is -0.160 e. The zero-order valence-corrected chi connectivity index (χ0v) is 10.6. The Bertz CT molecular complexity index is 299. The molecule has 0 amide bonds. The topological polar surface area (TPSA) is 0 Å². The third-order valence-corrected chi connectivity index (χ3v) is 11.2. The zero-order chi connectivity index (χ0) is 10.2. The molecule has 76 valence electrons. The Kier molecular flexibility index (Phi) is 2.71. The van der Waals surface area contributed by atoms with Crippen LogP contribution in [-0.4, -0.2) is 7.38 Å².